The molecule has 2 N–H and O–H groups in total. The number of alkyl halides is 1. The van der Waals surface area contributed by atoms with Crippen LogP contribution in [0.4, 0.5) is 8.78 Å². The van der Waals surface area contributed by atoms with Gasteiger partial charge in [0.05, 0.1) is 9.73 Å². The maximum atomic E-state index is 14.4. The maximum Gasteiger partial charge on any atom is 0.274 e. The van der Waals surface area contributed by atoms with Crippen LogP contribution < -0.4 is 10.3 Å². The first-order valence-electron chi connectivity index (χ1n) is 10.2. The van der Waals surface area contributed by atoms with Crippen molar-refractivity contribution in [3.05, 3.63) is 70.8 Å². The summed E-state index contributed by atoms with van der Waals surface area (Å²) in [5.74, 6) is -0.333. The van der Waals surface area contributed by atoms with Crippen LogP contribution in [0.2, 0.25) is 0 Å². The van der Waals surface area contributed by atoms with E-state index in [1.165, 1.54) is 16.7 Å². The normalized spacial score (nSPS) is 20.5. The third-order valence-corrected chi connectivity index (χ3v) is 8.18. The van der Waals surface area contributed by atoms with Crippen molar-refractivity contribution in [1.29, 1.82) is 4.78 Å². The van der Waals surface area contributed by atoms with Crippen LogP contribution in [0.1, 0.15) is 19.3 Å². The molecule has 2 aliphatic carbocycles. The highest BCUT2D eigenvalue weighted by Crippen LogP contribution is 2.41. The Bertz CT molecular complexity index is 1460. The SMILES string of the molecule is Cn1cc(-c2cc(S(=N)(=O)C3CC3)ccc2OC2=CC=C(F)CC2F)c2cc[nH]c2c1=O. The number of ether oxygens (including phenoxy) is 1. The van der Waals surface area contributed by atoms with Gasteiger partial charge in [0.2, 0.25) is 0 Å². The van der Waals surface area contributed by atoms with Crippen LogP contribution in [0.25, 0.3) is 22.0 Å². The number of aromatic amines is 1. The minimum atomic E-state index is -3.00. The second-order valence-electron chi connectivity index (χ2n) is 8.14. The van der Waals surface area contributed by atoms with Crippen molar-refractivity contribution in [1.82, 2.24) is 9.55 Å². The molecule has 0 aliphatic heterocycles. The molecular formula is C23H21F2N3O3S. The first kappa shape index (κ1) is 20.7. The predicted octanol–water partition coefficient (Wildman–Crippen LogP) is 4.96. The van der Waals surface area contributed by atoms with Gasteiger partial charge in [0.15, 0.2) is 6.17 Å². The zero-order valence-corrected chi connectivity index (χ0v) is 18.0. The Morgan fingerprint density at radius 1 is 1.22 bits per heavy atom. The van der Waals surface area contributed by atoms with Crippen molar-refractivity contribution in [2.45, 2.75) is 35.6 Å². The predicted molar refractivity (Wildman–Crippen MR) is 119 cm³/mol. The molecule has 0 amide bonds. The lowest BCUT2D eigenvalue weighted by atomic mass is 10.0. The van der Waals surface area contributed by atoms with Crippen molar-refractivity contribution in [3.8, 4) is 16.9 Å². The Balaban J connectivity index is 1.71. The molecule has 6 nitrogen and oxygen atoms in total. The zero-order chi connectivity index (χ0) is 22.6. The Morgan fingerprint density at radius 3 is 2.72 bits per heavy atom. The molecule has 2 aliphatic rings. The molecule has 1 aromatic carbocycles. The number of fused-ring (bicyclic) bond motifs is 1. The van der Waals surface area contributed by atoms with E-state index in [9.17, 15) is 17.8 Å². The fraction of sp³-hybridized carbons (Fsp3) is 0.261. The number of nitrogens with one attached hydrogen (secondary N) is 2. The average molecular weight is 458 g/mol. The van der Waals surface area contributed by atoms with Gasteiger partial charge in [-0.2, -0.15) is 0 Å². The van der Waals surface area contributed by atoms with Gasteiger partial charge in [0.25, 0.3) is 5.56 Å². The van der Waals surface area contributed by atoms with Crippen LogP contribution in [-0.4, -0.2) is 25.2 Å². The van der Waals surface area contributed by atoms with Crippen LogP contribution in [0.5, 0.6) is 5.75 Å². The molecule has 5 rings (SSSR count). The molecule has 32 heavy (non-hydrogen) atoms. The first-order chi connectivity index (χ1) is 15.3. The number of H-pyrrole nitrogens is 1. The summed E-state index contributed by atoms with van der Waals surface area (Å²) in [6, 6.07) is 6.50. The van der Waals surface area contributed by atoms with E-state index in [4.69, 9.17) is 9.52 Å². The van der Waals surface area contributed by atoms with Crippen LogP contribution in [0.15, 0.2) is 70.1 Å². The molecule has 2 heterocycles. The van der Waals surface area contributed by atoms with Crippen molar-refractivity contribution in [2.75, 3.05) is 0 Å². The monoisotopic (exact) mass is 457 g/mol. The average Bonchev–Trinajstić information content (AvgIpc) is 3.51. The van der Waals surface area contributed by atoms with Gasteiger partial charge in [0, 0.05) is 52.5 Å². The molecule has 2 aromatic heterocycles. The Hall–Kier alpha value is -3.20. The Morgan fingerprint density at radius 2 is 2.00 bits per heavy atom. The minimum absolute atomic E-state index is 0.0377. The third kappa shape index (κ3) is 3.46. The number of aromatic nitrogens is 2. The van der Waals surface area contributed by atoms with E-state index < -0.39 is 28.1 Å². The van der Waals surface area contributed by atoms with Crippen molar-refractivity contribution in [2.24, 2.45) is 7.05 Å². The summed E-state index contributed by atoms with van der Waals surface area (Å²) in [5.41, 5.74) is 1.26. The number of allylic oxidation sites excluding steroid dienone is 4. The fourth-order valence-corrected chi connectivity index (χ4v) is 5.66. The minimum Gasteiger partial charge on any atom is -0.458 e. The lowest BCUT2D eigenvalue weighted by molar-refractivity contribution is 0.258. The summed E-state index contributed by atoms with van der Waals surface area (Å²) in [7, 11) is -1.39. The largest absolute Gasteiger partial charge is 0.458 e. The summed E-state index contributed by atoms with van der Waals surface area (Å²) in [6.45, 7) is 0. The van der Waals surface area contributed by atoms with E-state index in [1.54, 1.807) is 43.7 Å². The molecule has 3 aromatic rings. The summed E-state index contributed by atoms with van der Waals surface area (Å²) >= 11 is 0. The van der Waals surface area contributed by atoms with Gasteiger partial charge in [-0.3, -0.25) is 4.79 Å². The van der Waals surface area contributed by atoms with Crippen molar-refractivity contribution < 1.29 is 17.7 Å². The van der Waals surface area contributed by atoms with E-state index in [-0.39, 0.29) is 22.3 Å². The van der Waals surface area contributed by atoms with Gasteiger partial charge in [-0.15, -0.1) is 0 Å². The smallest absolute Gasteiger partial charge is 0.274 e. The number of benzene rings is 1. The number of halogens is 2. The topological polar surface area (TPSA) is 87.9 Å². The molecule has 2 unspecified atom stereocenters. The van der Waals surface area contributed by atoms with Gasteiger partial charge in [-0.05, 0) is 49.3 Å². The molecule has 9 heteroatoms. The van der Waals surface area contributed by atoms with E-state index in [0.29, 0.717) is 26.9 Å². The Kier molecular flexibility index (Phi) is 4.81. The van der Waals surface area contributed by atoms with E-state index in [0.717, 1.165) is 12.8 Å². The lowest BCUT2D eigenvalue weighted by Gasteiger charge is -2.20. The standard InChI is InChI=1S/C23H21F2N3O3S/c1-28-12-18(16-8-9-27-22(16)23(28)29)17-11-15(32(26,30)14-3-4-14)5-7-20(17)31-21-6-2-13(24)10-19(21)25/h2,5-9,11-12,14,19,26-27H,3-4,10H2,1H3. The fourth-order valence-electron chi connectivity index (χ4n) is 3.91. The van der Waals surface area contributed by atoms with Crippen LogP contribution in [0, 0.1) is 4.78 Å². The Labute approximate surface area is 183 Å². The van der Waals surface area contributed by atoms with Crippen LogP contribution in [-0.2, 0) is 16.8 Å². The second kappa shape index (κ2) is 7.44. The zero-order valence-electron chi connectivity index (χ0n) is 17.2. The summed E-state index contributed by atoms with van der Waals surface area (Å²) < 4.78 is 56.6. The van der Waals surface area contributed by atoms with E-state index in [2.05, 4.69) is 4.98 Å². The first-order valence-corrected chi connectivity index (χ1v) is 11.8. The second-order valence-corrected chi connectivity index (χ2v) is 10.5. The number of hydrogen-bond donors (Lipinski definition) is 2. The third-order valence-electron chi connectivity index (χ3n) is 5.82. The van der Waals surface area contributed by atoms with Gasteiger partial charge < -0.3 is 14.3 Å². The number of hydrogen-bond acceptors (Lipinski definition) is 4. The number of aryl methyl sites for hydroxylation is 1. The maximum absolute atomic E-state index is 14.4. The van der Waals surface area contributed by atoms with E-state index >= 15 is 0 Å². The molecule has 1 fully saturated rings. The summed E-state index contributed by atoms with van der Waals surface area (Å²) in [6.07, 6.45) is 5.15. The van der Waals surface area contributed by atoms with E-state index in [1.807, 2.05) is 0 Å². The quantitative estimate of drug-likeness (QED) is 0.568. The van der Waals surface area contributed by atoms with Crippen molar-refractivity contribution in [3.63, 3.8) is 0 Å². The lowest BCUT2D eigenvalue weighted by Crippen LogP contribution is -2.17. The van der Waals surface area contributed by atoms with Gasteiger partial charge in [-0.25, -0.2) is 17.8 Å². The molecule has 2 atom stereocenters. The highest BCUT2D eigenvalue weighted by atomic mass is 32.2. The molecule has 166 valence electrons. The highest BCUT2D eigenvalue weighted by molar-refractivity contribution is 7.93. The summed E-state index contributed by atoms with van der Waals surface area (Å²) in [4.78, 5) is 15.8. The van der Waals surface area contributed by atoms with Gasteiger partial charge in [-0.1, -0.05) is 0 Å². The summed E-state index contributed by atoms with van der Waals surface area (Å²) in [5, 5.41) is 0.442. The van der Waals surface area contributed by atoms with Crippen LogP contribution >= 0.6 is 0 Å². The van der Waals surface area contributed by atoms with Crippen molar-refractivity contribution >= 4 is 20.6 Å². The molecule has 0 radical (unpaired) electrons. The molecule has 1 saturated carbocycles. The van der Waals surface area contributed by atoms with Crippen LogP contribution in [0.3, 0.4) is 0 Å². The molecule has 0 saturated heterocycles. The molecular weight excluding hydrogens is 436 g/mol. The number of pyridine rings is 1. The van der Waals surface area contributed by atoms with Gasteiger partial charge >= 0.3 is 0 Å². The molecule has 0 bridgehead atoms. The number of nitrogens with zero attached hydrogens (tertiary/aromatic N) is 1. The number of rotatable bonds is 5. The highest BCUT2D eigenvalue weighted by Gasteiger charge is 2.34. The van der Waals surface area contributed by atoms with Gasteiger partial charge in [0.1, 0.15) is 22.9 Å². The molecule has 0 spiro atoms.